The summed E-state index contributed by atoms with van der Waals surface area (Å²) in [4.78, 5) is 0. The molecule has 0 saturated carbocycles. The molecule has 90 valence electrons. The van der Waals surface area contributed by atoms with E-state index in [0.717, 1.165) is 6.42 Å². The van der Waals surface area contributed by atoms with Crippen molar-refractivity contribution in [2.45, 2.75) is 66.3 Å². The first-order valence-corrected chi connectivity index (χ1v) is 6.19. The average Bonchev–Trinajstić information content (AvgIpc) is 2.09. The molecule has 0 rings (SSSR count). The third-order valence-electron chi connectivity index (χ3n) is 3.11. The lowest BCUT2D eigenvalue weighted by Crippen LogP contribution is -2.41. The highest BCUT2D eigenvalue weighted by Gasteiger charge is 2.27. The number of allylic oxidation sites excluding steroid dienone is 1. The van der Waals surface area contributed by atoms with Gasteiger partial charge >= 0.3 is 0 Å². The molecule has 1 unspecified atom stereocenters. The van der Waals surface area contributed by atoms with Crippen LogP contribution >= 0.6 is 0 Å². The molecule has 0 aromatic carbocycles. The predicted octanol–water partition coefficient (Wildman–Crippen LogP) is 4.13. The lowest BCUT2D eigenvalue weighted by Gasteiger charge is -2.34. The quantitative estimate of drug-likeness (QED) is 0.657. The third-order valence-corrected chi connectivity index (χ3v) is 3.11. The second-order valence-electron chi connectivity index (χ2n) is 5.94. The molecule has 0 bridgehead atoms. The molecule has 0 aliphatic rings. The average molecular weight is 211 g/mol. The molecule has 15 heavy (non-hydrogen) atoms. The summed E-state index contributed by atoms with van der Waals surface area (Å²) in [5.41, 5.74) is 7.83. The van der Waals surface area contributed by atoms with Gasteiger partial charge < -0.3 is 5.73 Å². The van der Waals surface area contributed by atoms with Gasteiger partial charge in [-0.05, 0) is 37.5 Å². The number of rotatable bonds is 6. The maximum atomic E-state index is 6.34. The van der Waals surface area contributed by atoms with E-state index in [1.54, 1.807) is 0 Å². The minimum absolute atomic E-state index is 0.217. The van der Waals surface area contributed by atoms with Gasteiger partial charge in [0.05, 0.1) is 0 Å². The van der Waals surface area contributed by atoms with E-state index in [-0.39, 0.29) is 5.41 Å². The normalized spacial score (nSPS) is 16.1. The van der Waals surface area contributed by atoms with Crippen molar-refractivity contribution in [3.63, 3.8) is 0 Å². The summed E-state index contributed by atoms with van der Waals surface area (Å²) in [6.45, 7) is 15.0. The van der Waals surface area contributed by atoms with Crippen molar-refractivity contribution in [1.29, 1.82) is 0 Å². The Labute approximate surface area is 96.1 Å². The van der Waals surface area contributed by atoms with E-state index in [2.05, 4.69) is 41.2 Å². The Kier molecular flexibility index (Phi) is 6.19. The predicted molar refractivity (Wildman–Crippen MR) is 69.9 cm³/mol. The number of nitrogens with two attached hydrogens (primary N) is 1. The second-order valence-corrected chi connectivity index (χ2v) is 5.94. The van der Waals surface area contributed by atoms with Crippen LogP contribution in [-0.2, 0) is 0 Å². The summed E-state index contributed by atoms with van der Waals surface area (Å²) in [7, 11) is 0. The molecule has 1 nitrogen and oxygen atoms in total. The Morgan fingerprint density at radius 3 is 2.13 bits per heavy atom. The van der Waals surface area contributed by atoms with Gasteiger partial charge in [-0.15, -0.1) is 6.58 Å². The molecule has 0 aliphatic heterocycles. The fourth-order valence-electron chi connectivity index (χ4n) is 2.01. The van der Waals surface area contributed by atoms with Crippen LogP contribution in [0.15, 0.2) is 12.2 Å². The summed E-state index contributed by atoms with van der Waals surface area (Å²) in [5, 5.41) is 0. The topological polar surface area (TPSA) is 26.0 Å². The summed E-state index contributed by atoms with van der Waals surface area (Å²) in [5.74, 6) is 0.645. The monoisotopic (exact) mass is 211 g/mol. The van der Waals surface area contributed by atoms with Crippen molar-refractivity contribution in [2.75, 3.05) is 0 Å². The number of hydrogen-bond acceptors (Lipinski definition) is 1. The Morgan fingerprint density at radius 1 is 1.27 bits per heavy atom. The maximum Gasteiger partial charge on any atom is 0.0116 e. The van der Waals surface area contributed by atoms with E-state index in [9.17, 15) is 0 Å². The van der Waals surface area contributed by atoms with Gasteiger partial charge in [-0.2, -0.15) is 0 Å². The highest BCUT2D eigenvalue weighted by atomic mass is 14.7. The van der Waals surface area contributed by atoms with E-state index in [4.69, 9.17) is 5.73 Å². The number of hydrogen-bond donors (Lipinski definition) is 1. The lowest BCUT2D eigenvalue weighted by molar-refractivity contribution is 0.216. The molecule has 2 N–H and O–H groups in total. The largest absolute Gasteiger partial charge is 0.327 e. The lowest BCUT2D eigenvalue weighted by atomic mass is 9.76. The van der Waals surface area contributed by atoms with Gasteiger partial charge in [-0.3, -0.25) is 0 Å². The zero-order valence-electron chi connectivity index (χ0n) is 11.3. The first-order chi connectivity index (χ1) is 6.79. The molecule has 0 aliphatic carbocycles. The Bertz CT molecular complexity index is 188. The minimum atomic E-state index is 0.217. The smallest absolute Gasteiger partial charge is 0.0116 e. The summed E-state index contributed by atoms with van der Waals surface area (Å²) in [6.07, 6.45) is 4.78. The van der Waals surface area contributed by atoms with Crippen LogP contribution in [-0.4, -0.2) is 6.04 Å². The van der Waals surface area contributed by atoms with Crippen LogP contribution in [0.5, 0.6) is 0 Å². The van der Waals surface area contributed by atoms with Crippen LogP contribution in [0.1, 0.15) is 60.3 Å². The SMILES string of the molecule is C=C(C)CCC(CCC)[C@@H](N)C(C)(C)C. The Morgan fingerprint density at radius 2 is 1.80 bits per heavy atom. The molecular formula is C14H29N. The van der Waals surface area contributed by atoms with Gasteiger partial charge in [-0.1, -0.05) is 39.7 Å². The molecular weight excluding hydrogens is 182 g/mol. The third kappa shape index (κ3) is 5.99. The first-order valence-electron chi connectivity index (χ1n) is 6.19. The van der Waals surface area contributed by atoms with E-state index < -0.39 is 0 Å². The second kappa shape index (κ2) is 6.32. The van der Waals surface area contributed by atoms with Crippen molar-refractivity contribution >= 4 is 0 Å². The fourth-order valence-corrected chi connectivity index (χ4v) is 2.01. The van der Waals surface area contributed by atoms with Crippen molar-refractivity contribution in [2.24, 2.45) is 17.1 Å². The van der Waals surface area contributed by atoms with E-state index in [1.807, 2.05) is 0 Å². The van der Waals surface area contributed by atoms with Gasteiger partial charge in [0, 0.05) is 6.04 Å². The van der Waals surface area contributed by atoms with Crippen LogP contribution in [0.4, 0.5) is 0 Å². The molecule has 0 amide bonds. The van der Waals surface area contributed by atoms with Crippen LogP contribution in [0.3, 0.4) is 0 Å². The van der Waals surface area contributed by atoms with Gasteiger partial charge in [-0.25, -0.2) is 0 Å². The zero-order chi connectivity index (χ0) is 12.1. The molecule has 0 aromatic heterocycles. The molecule has 0 heterocycles. The van der Waals surface area contributed by atoms with Gasteiger partial charge in [0.2, 0.25) is 0 Å². The highest BCUT2D eigenvalue weighted by Crippen LogP contribution is 2.29. The van der Waals surface area contributed by atoms with Crippen molar-refractivity contribution in [3.8, 4) is 0 Å². The van der Waals surface area contributed by atoms with E-state index >= 15 is 0 Å². The van der Waals surface area contributed by atoms with Crippen molar-refractivity contribution in [1.82, 2.24) is 0 Å². The first kappa shape index (κ1) is 14.7. The van der Waals surface area contributed by atoms with Gasteiger partial charge in [0.1, 0.15) is 0 Å². The summed E-state index contributed by atoms with van der Waals surface area (Å²) in [6, 6.07) is 0.303. The maximum absolute atomic E-state index is 6.34. The minimum Gasteiger partial charge on any atom is -0.327 e. The summed E-state index contributed by atoms with van der Waals surface area (Å²) < 4.78 is 0. The Hall–Kier alpha value is -0.300. The Balaban J connectivity index is 4.31. The van der Waals surface area contributed by atoms with Crippen molar-refractivity contribution in [3.05, 3.63) is 12.2 Å². The van der Waals surface area contributed by atoms with Crippen molar-refractivity contribution < 1.29 is 0 Å². The van der Waals surface area contributed by atoms with E-state index in [1.165, 1.54) is 24.8 Å². The molecule has 0 radical (unpaired) electrons. The van der Waals surface area contributed by atoms with Crippen LogP contribution < -0.4 is 5.73 Å². The molecule has 0 spiro atoms. The van der Waals surface area contributed by atoms with Crippen LogP contribution in [0.25, 0.3) is 0 Å². The van der Waals surface area contributed by atoms with Gasteiger partial charge in [0.15, 0.2) is 0 Å². The van der Waals surface area contributed by atoms with E-state index in [0.29, 0.717) is 12.0 Å². The van der Waals surface area contributed by atoms with Gasteiger partial charge in [0.25, 0.3) is 0 Å². The van der Waals surface area contributed by atoms with Crippen LogP contribution in [0.2, 0.25) is 0 Å². The summed E-state index contributed by atoms with van der Waals surface area (Å²) >= 11 is 0. The standard InChI is InChI=1S/C14H29N/c1-7-8-12(10-9-11(2)3)13(15)14(4,5)6/h12-13H,2,7-10,15H2,1,3-6H3/t12?,13-/m1/s1. The molecule has 2 atom stereocenters. The highest BCUT2D eigenvalue weighted by molar-refractivity contribution is 4.91. The zero-order valence-corrected chi connectivity index (χ0v) is 11.3. The molecule has 0 aromatic rings. The molecule has 1 heteroatoms. The fraction of sp³-hybridized carbons (Fsp3) is 0.857. The molecule has 0 fully saturated rings. The van der Waals surface area contributed by atoms with Crippen LogP contribution in [0, 0.1) is 11.3 Å². The molecule has 0 saturated heterocycles.